The van der Waals surface area contributed by atoms with Gasteiger partial charge in [-0.1, -0.05) is 12.1 Å². The molecule has 0 amide bonds. The summed E-state index contributed by atoms with van der Waals surface area (Å²) in [6.45, 7) is 0. The second-order valence-electron chi connectivity index (χ2n) is 6.89. The highest BCUT2D eigenvalue weighted by molar-refractivity contribution is 7.95. The monoisotopic (exact) mass is 426 g/mol. The SMILES string of the molecule is N#CC1=C(N)N(c2ccc(F)cc2)C2=C(C1c1cccc([N+](=O)[O-])c1)S(=O)(=O)CC2. The number of rotatable bonds is 3. The lowest BCUT2D eigenvalue weighted by molar-refractivity contribution is -0.384. The average Bonchev–Trinajstić information content (AvgIpc) is 3.03. The Morgan fingerprint density at radius 3 is 2.57 bits per heavy atom. The highest BCUT2D eigenvalue weighted by Gasteiger charge is 2.45. The van der Waals surface area contributed by atoms with Gasteiger partial charge in [0, 0.05) is 29.9 Å². The van der Waals surface area contributed by atoms with Gasteiger partial charge in [0.15, 0.2) is 9.84 Å². The Bertz CT molecular complexity index is 1280. The molecule has 8 nitrogen and oxygen atoms in total. The number of anilines is 1. The molecule has 2 aliphatic heterocycles. The number of hydrogen-bond acceptors (Lipinski definition) is 7. The first-order valence-corrected chi connectivity index (χ1v) is 10.6. The minimum Gasteiger partial charge on any atom is -0.384 e. The third-order valence-corrected chi connectivity index (χ3v) is 7.07. The van der Waals surface area contributed by atoms with Crippen LogP contribution >= 0.6 is 0 Å². The standard InChI is InChI=1S/C20H15FN4O4S/c21-13-4-6-14(7-5-13)24-17-8-9-30(28,29)19(17)18(16(11-22)20(24)23)12-2-1-3-15(10-12)25(26)27/h1-7,10,18H,8-9,23H2. The fourth-order valence-corrected chi connectivity index (χ4v) is 5.75. The quantitative estimate of drug-likeness (QED) is 0.589. The van der Waals surface area contributed by atoms with Crippen LogP contribution in [0.5, 0.6) is 0 Å². The van der Waals surface area contributed by atoms with Crippen LogP contribution in [0.3, 0.4) is 0 Å². The number of allylic oxidation sites excluding steroid dienone is 3. The molecule has 2 aromatic rings. The summed E-state index contributed by atoms with van der Waals surface area (Å²) >= 11 is 0. The van der Waals surface area contributed by atoms with Crippen LogP contribution in [0.25, 0.3) is 0 Å². The summed E-state index contributed by atoms with van der Waals surface area (Å²) in [5.41, 5.74) is 7.14. The zero-order chi connectivity index (χ0) is 21.6. The van der Waals surface area contributed by atoms with Crippen LogP contribution in [0.4, 0.5) is 15.8 Å². The van der Waals surface area contributed by atoms with E-state index in [0.717, 1.165) is 0 Å². The minimum absolute atomic E-state index is 0.00178. The Morgan fingerprint density at radius 1 is 1.23 bits per heavy atom. The average molecular weight is 426 g/mol. The van der Waals surface area contributed by atoms with Crippen molar-refractivity contribution >= 4 is 21.2 Å². The zero-order valence-corrected chi connectivity index (χ0v) is 16.3. The van der Waals surface area contributed by atoms with E-state index in [1.54, 1.807) is 0 Å². The van der Waals surface area contributed by atoms with Crippen molar-refractivity contribution in [3.63, 3.8) is 0 Å². The molecule has 2 aromatic carbocycles. The van der Waals surface area contributed by atoms with Crippen LogP contribution in [0.15, 0.2) is 70.5 Å². The molecular weight excluding hydrogens is 411 g/mol. The number of hydrogen-bond donors (Lipinski definition) is 1. The van der Waals surface area contributed by atoms with Crippen LogP contribution in [0.1, 0.15) is 17.9 Å². The van der Waals surface area contributed by atoms with Crippen LogP contribution in [0.2, 0.25) is 0 Å². The van der Waals surface area contributed by atoms with Gasteiger partial charge in [0.2, 0.25) is 0 Å². The maximum absolute atomic E-state index is 13.4. The summed E-state index contributed by atoms with van der Waals surface area (Å²) in [4.78, 5) is 12.1. The third kappa shape index (κ3) is 3.00. The summed E-state index contributed by atoms with van der Waals surface area (Å²) < 4.78 is 39.3. The molecule has 10 heteroatoms. The molecule has 0 saturated heterocycles. The Labute approximate surface area is 171 Å². The molecule has 152 valence electrons. The molecular formula is C20H15FN4O4S. The number of nitriles is 1. The lowest BCUT2D eigenvalue weighted by Crippen LogP contribution is -2.34. The molecule has 0 fully saturated rings. The van der Waals surface area contributed by atoms with E-state index in [2.05, 4.69) is 0 Å². The maximum Gasteiger partial charge on any atom is 0.269 e. The topological polar surface area (TPSA) is 130 Å². The smallest absolute Gasteiger partial charge is 0.269 e. The number of sulfone groups is 1. The predicted octanol–water partition coefficient (Wildman–Crippen LogP) is 3.06. The molecule has 0 radical (unpaired) electrons. The van der Waals surface area contributed by atoms with Crippen LogP contribution in [0, 0.1) is 27.3 Å². The summed E-state index contributed by atoms with van der Waals surface area (Å²) in [5.74, 6) is -1.68. The number of benzene rings is 2. The highest BCUT2D eigenvalue weighted by Crippen LogP contribution is 2.48. The first-order chi connectivity index (χ1) is 14.2. The Hall–Kier alpha value is -3.71. The van der Waals surface area contributed by atoms with Crippen molar-refractivity contribution in [2.75, 3.05) is 10.7 Å². The van der Waals surface area contributed by atoms with Crippen LogP contribution in [-0.4, -0.2) is 19.1 Å². The van der Waals surface area contributed by atoms with Crippen LogP contribution < -0.4 is 10.6 Å². The molecule has 2 N–H and O–H groups in total. The predicted molar refractivity (Wildman–Crippen MR) is 107 cm³/mol. The van der Waals surface area contributed by atoms with Crippen molar-refractivity contribution in [3.8, 4) is 6.07 Å². The molecule has 1 atom stereocenters. The van der Waals surface area contributed by atoms with E-state index in [9.17, 15) is 28.2 Å². The molecule has 1 unspecified atom stereocenters. The van der Waals surface area contributed by atoms with Crippen molar-refractivity contribution in [2.24, 2.45) is 5.73 Å². The summed E-state index contributed by atoms with van der Waals surface area (Å²) in [5, 5.41) is 21.1. The van der Waals surface area contributed by atoms with E-state index in [-0.39, 0.29) is 34.2 Å². The number of nitro benzene ring substituents is 1. The molecule has 4 rings (SSSR count). The molecule has 0 saturated carbocycles. The number of nitrogens with two attached hydrogens (primary N) is 1. The molecule has 0 bridgehead atoms. The Kier molecular flexibility index (Phi) is 4.55. The highest BCUT2D eigenvalue weighted by atomic mass is 32.2. The largest absolute Gasteiger partial charge is 0.384 e. The molecule has 30 heavy (non-hydrogen) atoms. The van der Waals surface area contributed by atoms with Crippen molar-refractivity contribution in [3.05, 3.63) is 92.0 Å². The molecule has 2 heterocycles. The normalized spacial score (nSPS) is 20.1. The maximum atomic E-state index is 13.4. The van der Waals surface area contributed by atoms with Gasteiger partial charge in [-0.3, -0.25) is 15.0 Å². The van der Waals surface area contributed by atoms with Gasteiger partial charge >= 0.3 is 0 Å². The van der Waals surface area contributed by atoms with Gasteiger partial charge in [0.1, 0.15) is 11.6 Å². The fourth-order valence-electron chi connectivity index (χ4n) is 3.90. The Morgan fingerprint density at radius 2 is 1.93 bits per heavy atom. The fraction of sp³-hybridized carbons (Fsp3) is 0.150. The summed E-state index contributed by atoms with van der Waals surface area (Å²) in [7, 11) is -3.74. The number of nitro groups is 1. The lowest BCUT2D eigenvalue weighted by Gasteiger charge is -2.35. The van der Waals surface area contributed by atoms with Crippen molar-refractivity contribution in [1.29, 1.82) is 5.26 Å². The van der Waals surface area contributed by atoms with E-state index in [1.165, 1.54) is 53.4 Å². The summed E-state index contributed by atoms with van der Waals surface area (Å²) in [6.07, 6.45) is 0.153. The number of non-ortho nitro benzene ring substituents is 1. The van der Waals surface area contributed by atoms with E-state index < -0.39 is 26.5 Å². The zero-order valence-electron chi connectivity index (χ0n) is 15.4. The van der Waals surface area contributed by atoms with Crippen molar-refractivity contribution in [1.82, 2.24) is 0 Å². The van der Waals surface area contributed by atoms with Crippen LogP contribution in [-0.2, 0) is 9.84 Å². The van der Waals surface area contributed by atoms with Gasteiger partial charge in [0.25, 0.3) is 5.69 Å². The van der Waals surface area contributed by atoms with Gasteiger partial charge in [-0.05, 0) is 29.8 Å². The van der Waals surface area contributed by atoms with Gasteiger partial charge < -0.3 is 5.73 Å². The second kappa shape index (κ2) is 6.96. The Balaban J connectivity index is 1.98. The van der Waals surface area contributed by atoms with Gasteiger partial charge in [0.05, 0.1) is 33.1 Å². The third-order valence-electron chi connectivity index (χ3n) is 5.18. The lowest BCUT2D eigenvalue weighted by atomic mass is 9.87. The second-order valence-corrected chi connectivity index (χ2v) is 8.97. The van der Waals surface area contributed by atoms with E-state index in [1.807, 2.05) is 6.07 Å². The van der Waals surface area contributed by atoms with E-state index in [4.69, 9.17) is 5.73 Å². The molecule has 2 aliphatic rings. The number of nitrogens with zero attached hydrogens (tertiary/aromatic N) is 3. The van der Waals surface area contributed by atoms with Gasteiger partial charge in [-0.15, -0.1) is 0 Å². The van der Waals surface area contributed by atoms with E-state index in [0.29, 0.717) is 16.9 Å². The van der Waals surface area contributed by atoms with Gasteiger partial charge in [-0.2, -0.15) is 5.26 Å². The first kappa shape index (κ1) is 19.6. The molecule has 0 aliphatic carbocycles. The molecule has 0 spiro atoms. The van der Waals surface area contributed by atoms with Crippen molar-refractivity contribution < 1.29 is 17.7 Å². The van der Waals surface area contributed by atoms with Gasteiger partial charge in [-0.25, -0.2) is 12.8 Å². The molecule has 0 aromatic heterocycles. The number of halogens is 1. The van der Waals surface area contributed by atoms with E-state index >= 15 is 0 Å². The minimum atomic E-state index is -3.74. The van der Waals surface area contributed by atoms with Crippen molar-refractivity contribution in [2.45, 2.75) is 12.3 Å². The first-order valence-electron chi connectivity index (χ1n) is 8.90. The summed E-state index contributed by atoms with van der Waals surface area (Å²) in [6, 6.07) is 12.8.